The molecule has 1 unspecified atom stereocenters. The molecule has 3 saturated carbocycles. The van der Waals surface area contributed by atoms with Gasteiger partial charge in [-0.15, -0.1) is 0 Å². The Morgan fingerprint density at radius 2 is 1.80 bits per heavy atom. The molecule has 2 N–H and O–H groups in total. The Morgan fingerprint density at radius 1 is 1.33 bits per heavy atom. The predicted molar refractivity (Wildman–Crippen MR) is 58.2 cm³/mol. The lowest BCUT2D eigenvalue weighted by Gasteiger charge is -2.76. The number of hydrogen-bond donors (Lipinski definition) is 1. The number of carbonyl (C=O) groups excluding carboxylic acids is 1. The molecule has 0 aromatic heterocycles. The van der Waals surface area contributed by atoms with Gasteiger partial charge in [0.1, 0.15) is 6.04 Å². The summed E-state index contributed by atoms with van der Waals surface area (Å²) in [4.78, 5) is 11.4. The van der Waals surface area contributed by atoms with E-state index in [0.29, 0.717) is 10.8 Å². The first-order valence-electron chi connectivity index (χ1n) is 5.60. The number of nitrogens with two attached hydrogens (primary N) is 1. The summed E-state index contributed by atoms with van der Waals surface area (Å²) < 4.78 is 4.71. The van der Waals surface area contributed by atoms with Crippen molar-refractivity contribution in [1.29, 1.82) is 0 Å². The zero-order chi connectivity index (χ0) is 11.5. The lowest BCUT2D eigenvalue weighted by Crippen LogP contribution is -2.73. The average Bonchev–Trinajstić information content (AvgIpc) is 1.94. The van der Waals surface area contributed by atoms with Crippen molar-refractivity contribution in [2.75, 3.05) is 7.11 Å². The van der Waals surface area contributed by atoms with Crippen molar-refractivity contribution in [2.45, 2.75) is 46.1 Å². The van der Waals surface area contributed by atoms with Crippen molar-refractivity contribution >= 4 is 5.97 Å². The lowest BCUT2D eigenvalue weighted by molar-refractivity contribution is -0.268. The molecule has 1 atom stereocenters. The van der Waals surface area contributed by atoms with Crippen molar-refractivity contribution in [1.82, 2.24) is 0 Å². The van der Waals surface area contributed by atoms with Gasteiger partial charge >= 0.3 is 5.97 Å². The third kappa shape index (κ3) is 1.19. The smallest absolute Gasteiger partial charge is 0.323 e. The van der Waals surface area contributed by atoms with Crippen LogP contribution in [0.15, 0.2) is 0 Å². The van der Waals surface area contributed by atoms with Gasteiger partial charge in [0.05, 0.1) is 7.11 Å². The van der Waals surface area contributed by atoms with Crippen LogP contribution in [0, 0.1) is 16.2 Å². The van der Waals surface area contributed by atoms with Crippen LogP contribution in [0.5, 0.6) is 0 Å². The van der Waals surface area contributed by atoms with Crippen molar-refractivity contribution in [3.8, 4) is 0 Å². The number of rotatable bonds is 2. The lowest BCUT2D eigenvalue weighted by atomic mass is 9.28. The van der Waals surface area contributed by atoms with E-state index in [0.717, 1.165) is 19.3 Å². The molecule has 3 aliphatic carbocycles. The molecule has 0 aromatic rings. The Morgan fingerprint density at radius 3 is 2.13 bits per heavy atom. The van der Waals surface area contributed by atoms with Gasteiger partial charge in [0.2, 0.25) is 0 Å². The van der Waals surface area contributed by atoms with Crippen molar-refractivity contribution in [2.24, 2.45) is 22.0 Å². The SMILES string of the molecule is COC(=O)C(N)C12CC(C(C)(C)C)(C1)C2. The maximum Gasteiger partial charge on any atom is 0.323 e. The molecule has 2 bridgehead atoms. The molecule has 15 heavy (non-hydrogen) atoms. The fourth-order valence-corrected chi connectivity index (χ4v) is 3.37. The van der Waals surface area contributed by atoms with E-state index < -0.39 is 6.04 Å². The highest BCUT2D eigenvalue weighted by Crippen LogP contribution is 2.79. The van der Waals surface area contributed by atoms with Gasteiger partial charge in [-0.3, -0.25) is 4.79 Å². The van der Waals surface area contributed by atoms with Crippen LogP contribution < -0.4 is 5.73 Å². The minimum Gasteiger partial charge on any atom is -0.468 e. The summed E-state index contributed by atoms with van der Waals surface area (Å²) in [6.07, 6.45) is 3.29. The fraction of sp³-hybridized carbons (Fsp3) is 0.917. The first-order valence-corrected chi connectivity index (χ1v) is 5.60. The molecule has 3 fully saturated rings. The van der Waals surface area contributed by atoms with E-state index in [1.165, 1.54) is 7.11 Å². The Kier molecular flexibility index (Phi) is 2.01. The van der Waals surface area contributed by atoms with E-state index in [1.54, 1.807) is 0 Å². The number of carbonyl (C=O) groups is 1. The van der Waals surface area contributed by atoms with Crippen LogP contribution in [0.2, 0.25) is 0 Å². The zero-order valence-corrected chi connectivity index (χ0v) is 10.1. The van der Waals surface area contributed by atoms with Crippen LogP contribution >= 0.6 is 0 Å². The van der Waals surface area contributed by atoms with Gasteiger partial charge in [-0.25, -0.2) is 0 Å². The van der Waals surface area contributed by atoms with Gasteiger partial charge in [0, 0.05) is 0 Å². The standard InChI is InChI=1S/C12H21NO2/c1-10(2,3)12-5-11(6-12,7-12)8(13)9(14)15-4/h8H,5-7,13H2,1-4H3. The quantitative estimate of drug-likeness (QED) is 0.707. The molecule has 3 rings (SSSR count). The summed E-state index contributed by atoms with van der Waals surface area (Å²) >= 11 is 0. The molecular formula is C12H21NO2. The topological polar surface area (TPSA) is 52.3 Å². The molecule has 0 aliphatic heterocycles. The molecule has 0 aromatic carbocycles. The average molecular weight is 211 g/mol. The normalized spacial score (nSPS) is 40.1. The summed E-state index contributed by atoms with van der Waals surface area (Å²) in [6, 6.07) is -0.410. The highest BCUT2D eigenvalue weighted by molar-refractivity contribution is 5.77. The molecule has 3 aliphatic rings. The first kappa shape index (κ1) is 10.9. The largest absolute Gasteiger partial charge is 0.468 e. The van der Waals surface area contributed by atoms with Crippen LogP contribution in [0.3, 0.4) is 0 Å². The van der Waals surface area contributed by atoms with Crippen LogP contribution in [0.25, 0.3) is 0 Å². The number of hydrogen-bond acceptors (Lipinski definition) is 3. The minimum absolute atomic E-state index is 0.0698. The Bertz CT molecular complexity index is 283. The van der Waals surface area contributed by atoms with Crippen molar-refractivity contribution in [3.05, 3.63) is 0 Å². The molecule has 0 spiro atoms. The van der Waals surface area contributed by atoms with E-state index in [4.69, 9.17) is 10.5 Å². The number of ether oxygens (including phenoxy) is 1. The summed E-state index contributed by atoms with van der Waals surface area (Å²) in [7, 11) is 1.41. The van der Waals surface area contributed by atoms with Crippen LogP contribution in [-0.2, 0) is 9.53 Å². The molecule has 0 saturated heterocycles. The predicted octanol–water partition coefficient (Wildman–Crippen LogP) is 1.70. The summed E-state index contributed by atoms with van der Waals surface area (Å²) in [6.45, 7) is 6.83. The minimum atomic E-state index is -0.410. The van der Waals surface area contributed by atoms with Crippen molar-refractivity contribution in [3.63, 3.8) is 0 Å². The number of esters is 1. The van der Waals surface area contributed by atoms with Crippen LogP contribution in [0.1, 0.15) is 40.0 Å². The molecule has 0 radical (unpaired) electrons. The molecular weight excluding hydrogens is 190 g/mol. The fourth-order valence-electron chi connectivity index (χ4n) is 3.37. The monoisotopic (exact) mass is 211 g/mol. The van der Waals surface area contributed by atoms with Gasteiger partial charge in [-0.05, 0) is 35.5 Å². The molecule has 3 heteroatoms. The first-order chi connectivity index (χ1) is 6.76. The third-order valence-corrected chi connectivity index (χ3v) is 4.78. The van der Waals surface area contributed by atoms with Gasteiger partial charge in [-0.1, -0.05) is 20.8 Å². The molecule has 86 valence electrons. The van der Waals surface area contributed by atoms with Crippen LogP contribution in [0.4, 0.5) is 0 Å². The summed E-state index contributed by atoms with van der Waals surface area (Å²) in [5, 5.41) is 0. The maximum absolute atomic E-state index is 11.4. The summed E-state index contributed by atoms with van der Waals surface area (Å²) in [5.41, 5.74) is 6.78. The van der Waals surface area contributed by atoms with Gasteiger partial charge < -0.3 is 10.5 Å². The van der Waals surface area contributed by atoms with Gasteiger partial charge in [0.25, 0.3) is 0 Å². The van der Waals surface area contributed by atoms with E-state index in [1.807, 2.05) is 0 Å². The molecule has 0 amide bonds. The second kappa shape index (κ2) is 2.76. The highest BCUT2D eigenvalue weighted by Gasteiger charge is 2.74. The van der Waals surface area contributed by atoms with E-state index in [9.17, 15) is 4.79 Å². The number of methoxy groups -OCH3 is 1. The Balaban J connectivity index is 2.01. The molecule has 0 heterocycles. The van der Waals surface area contributed by atoms with Gasteiger partial charge in [-0.2, -0.15) is 0 Å². The second-order valence-electron chi connectivity index (χ2n) is 6.42. The highest BCUT2D eigenvalue weighted by atomic mass is 16.5. The summed E-state index contributed by atoms with van der Waals surface area (Å²) in [5.74, 6) is -0.253. The third-order valence-electron chi connectivity index (χ3n) is 4.78. The zero-order valence-electron chi connectivity index (χ0n) is 10.1. The van der Waals surface area contributed by atoms with E-state index >= 15 is 0 Å². The second-order valence-corrected chi connectivity index (χ2v) is 6.42. The van der Waals surface area contributed by atoms with Crippen molar-refractivity contribution < 1.29 is 9.53 Å². The molecule has 3 nitrogen and oxygen atoms in total. The van der Waals surface area contributed by atoms with E-state index in [2.05, 4.69) is 20.8 Å². The van der Waals surface area contributed by atoms with Crippen LogP contribution in [-0.4, -0.2) is 19.1 Å². The van der Waals surface area contributed by atoms with Gasteiger partial charge in [0.15, 0.2) is 0 Å². The Hall–Kier alpha value is -0.570. The van der Waals surface area contributed by atoms with E-state index in [-0.39, 0.29) is 11.4 Å². The maximum atomic E-state index is 11.4. The Labute approximate surface area is 91.4 Å².